The molecule has 1 aromatic carbocycles. The van der Waals surface area contributed by atoms with E-state index in [4.69, 9.17) is 4.74 Å². The van der Waals surface area contributed by atoms with E-state index in [1.807, 2.05) is 6.07 Å². The zero-order chi connectivity index (χ0) is 22.4. The first-order chi connectivity index (χ1) is 15.4. The number of carbonyl (C=O) groups is 2. The smallest absolute Gasteiger partial charge is 0.254 e. The fraction of sp³-hybridized carbons (Fsp3) is 0.615. The van der Waals surface area contributed by atoms with Gasteiger partial charge in [0.1, 0.15) is 6.04 Å². The van der Waals surface area contributed by atoms with Crippen molar-refractivity contribution in [1.82, 2.24) is 14.8 Å². The van der Waals surface area contributed by atoms with Crippen LogP contribution in [0.4, 0.5) is 0 Å². The number of nitrogens with one attached hydrogen (secondary N) is 1. The van der Waals surface area contributed by atoms with Crippen LogP contribution in [0.3, 0.4) is 0 Å². The van der Waals surface area contributed by atoms with E-state index in [0.717, 1.165) is 44.8 Å². The summed E-state index contributed by atoms with van der Waals surface area (Å²) >= 11 is 0. The quantitative estimate of drug-likeness (QED) is 0.779. The van der Waals surface area contributed by atoms with Gasteiger partial charge in [-0.1, -0.05) is 0 Å². The molecule has 2 unspecified atom stereocenters. The summed E-state index contributed by atoms with van der Waals surface area (Å²) in [5, 5.41) is 4.21. The molecule has 1 aromatic heterocycles. The zero-order valence-corrected chi connectivity index (χ0v) is 19.5. The molecule has 5 rings (SSSR count). The first kappa shape index (κ1) is 21.5. The summed E-state index contributed by atoms with van der Waals surface area (Å²) < 4.78 is 7.90. The van der Waals surface area contributed by atoms with Gasteiger partial charge in [-0.25, -0.2) is 0 Å². The molecule has 1 saturated heterocycles. The molecule has 2 fully saturated rings. The summed E-state index contributed by atoms with van der Waals surface area (Å²) in [5.41, 5.74) is 4.69. The lowest BCUT2D eigenvalue weighted by atomic mass is 9.75. The maximum atomic E-state index is 13.2. The van der Waals surface area contributed by atoms with E-state index in [-0.39, 0.29) is 11.8 Å². The summed E-state index contributed by atoms with van der Waals surface area (Å²) in [6.07, 6.45) is 7.85. The van der Waals surface area contributed by atoms with E-state index in [1.54, 1.807) is 18.9 Å². The standard InChI is InChI=1S/C26H35N3O3/c1-16(25(30)27-20-6-7-20)28(2)26(31)19-5-9-24-22(15-19)21-14-18(4-8-23(21)29(24)3)17-10-12-32-13-11-17/h5,9,15-18,20H,4,6-8,10-14H2,1-3H3,(H,27,30). The second-order valence-electron chi connectivity index (χ2n) is 10.0. The van der Waals surface area contributed by atoms with Crippen molar-refractivity contribution in [3.8, 4) is 0 Å². The number of rotatable bonds is 5. The van der Waals surface area contributed by atoms with Crippen LogP contribution in [0.15, 0.2) is 18.2 Å². The van der Waals surface area contributed by atoms with Crippen molar-refractivity contribution in [2.24, 2.45) is 18.9 Å². The van der Waals surface area contributed by atoms with E-state index in [9.17, 15) is 9.59 Å². The highest BCUT2D eigenvalue weighted by Crippen LogP contribution is 2.39. The molecule has 2 aromatic rings. The fourth-order valence-corrected chi connectivity index (χ4v) is 5.63. The lowest BCUT2D eigenvalue weighted by Crippen LogP contribution is -2.46. The molecule has 2 atom stereocenters. The maximum absolute atomic E-state index is 13.2. The van der Waals surface area contributed by atoms with Crippen LogP contribution in [0.2, 0.25) is 0 Å². The Morgan fingerprint density at radius 3 is 2.59 bits per heavy atom. The van der Waals surface area contributed by atoms with Crippen LogP contribution in [-0.2, 0) is 29.4 Å². The number of nitrogens with zero attached hydrogens (tertiary/aromatic N) is 2. The highest BCUT2D eigenvalue weighted by Gasteiger charge is 2.32. The van der Waals surface area contributed by atoms with E-state index in [2.05, 4.69) is 29.1 Å². The molecule has 2 heterocycles. The summed E-state index contributed by atoms with van der Waals surface area (Å²) in [6.45, 7) is 3.58. The Balaban J connectivity index is 1.39. The van der Waals surface area contributed by atoms with Crippen LogP contribution < -0.4 is 5.32 Å². The van der Waals surface area contributed by atoms with E-state index < -0.39 is 6.04 Å². The third kappa shape index (κ3) is 3.94. The van der Waals surface area contributed by atoms with Crippen LogP contribution in [0.1, 0.15) is 60.6 Å². The molecule has 0 radical (unpaired) electrons. The lowest BCUT2D eigenvalue weighted by Gasteiger charge is -2.33. The van der Waals surface area contributed by atoms with Gasteiger partial charge in [0.25, 0.3) is 5.91 Å². The maximum Gasteiger partial charge on any atom is 0.254 e. The molecular formula is C26H35N3O3. The van der Waals surface area contributed by atoms with Gasteiger partial charge in [-0.15, -0.1) is 0 Å². The van der Waals surface area contributed by atoms with Gasteiger partial charge in [0.15, 0.2) is 0 Å². The van der Waals surface area contributed by atoms with Gasteiger partial charge in [0.05, 0.1) is 0 Å². The molecule has 1 N–H and O–H groups in total. The number of fused-ring (bicyclic) bond motifs is 3. The van der Waals surface area contributed by atoms with Crippen LogP contribution >= 0.6 is 0 Å². The van der Waals surface area contributed by atoms with Crippen LogP contribution in [-0.4, -0.2) is 53.6 Å². The number of aromatic nitrogens is 1. The summed E-state index contributed by atoms with van der Waals surface area (Å²) in [4.78, 5) is 27.3. The van der Waals surface area contributed by atoms with Crippen molar-refractivity contribution in [3.05, 3.63) is 35.0 Å². The highest BCUT2D eigenvalue weighted by molar-refractivity contribution is 6.01. The van der Waals surface area contributed by atoms with Gasteiger partial charge < -0.3 is 19.5 Å². The minimum Gasteiger partial charge on any atom is -0.381 e. The molecule has 6 heteroatoms. The van der Waals surface area contributed by atoms with Crippen molar-refractivity contribution in [1.29, 1.82) is 0 Å². The Labute approximate surface area is 190 Å². The predicted octanol–water partition coefficient (Wildman–Crippen LogP) is 3.45. The van der Waals surface area contributed by atoms with E-state index in [0.29, 0.717) is 17.5 Å². The Morgan fingerprint density at radius 1 is 1.12 bits per heavy atom. The van der Waals surface area contributed by atoms with Crippen LogP contribution in [0.5, 0.6) is 0 Å². The second-order valence-corrected chi connectivity index (χ2v) is 10.0. The summed E-state index contributed by atoms with van der Waals surface area (Å²) in [6, 6.07) is 5.86. The summed E-state index contributed by atoms with van der Waals surface area (Å²) in [5.74, 6) is 1.28. The molecule has 32 heavy (non-hydrogen) atoms. The highest BCUT2D eigenvalue weighted by atomic mass is 16.5. The normalized spacial score (nSPS) is 22.4. The Bertz CT molecular complexity index is 1030. The largest absolute Gasteiger partial charge is 0.381 e. The van der Waals surface area contributed by atoms with Crippen LogP contribution in [0, 0.1) is 11.8 Å². The van der Waals surface area contributed by atoms with Crippen LogP contribution in [0.25, 0.3) is 10.9 Å². The third-order valence-electron chi connectivity index (χ3n) is 8.04. The molecule has 0 spiro atoms. The van der Waals surface area contributed by atoms with Gasteiger partial charge in [-0.2, -0.15) is 0 Å². The van der Waals surface area contributed by atoms with Crippen molar-refractivity contribution >= 4 is 22.7 Å². The van der Waals surface area contributed by atoms with E-state index in [1.165, 1.54) is 41.4 Å². The Kier molecular flexibility index (Phi) is 5.74. The molecule has 6 nitrogen and oxygen atoms in total. The summed E-state index contributed by atoms with van der Waals surface area (Å²) in [7, 11) is 3.87. The van der Waals surface area contributed by atoms with Crippen molar-refractivity contribution < 1.29 is 14.3 Å². The second kappa shape index (κ2) is 8.54. The number of carbonyl (C=O) groups excluding carboxylic acids is 2. The molecule has 1 saturated carbocycles. The molecule has 3 aliphatic rings. The predicted molar refractivity (Wildman–Crippen MR) is 125 cm³/mol. The fourth-order valence-electron chi connectivity index (χ4n) is 5.63. The average Bonchev–Trinajstić information content (AvgIpc) is 3.61. The molecule has 0 bridgehead atoms. The molecule has 1 aliphatic heterocycles. The van der Waals surface area contributed by atoms with E-state index >= 15 is 0 Å². The molecule has 172 valence electrons. The average molecular weight is 438 g/mol. The lowest BCUT2D eigenvalue weighted by molar-refractivity contribution is -0.124. The molecule has 2 amide bonds. The van der Waals surface area contributed by atoms with Crippen molar-refractivity contribution in [3.63, 3.8) is 0 Å². The minimum atomic E-state index is -0.485. The first-order valence-corrected chi connectivity index (χ1v) is 12.2. The van der Waals surface area contributed by atoms with Crippen molar-refractivity contribution in [2.45, 2.75) is 64.0 Å². The first-order valence-electron chi connectivity index (χ1n) is 12.2. The van der Waals surface area contributed by atoms with Gasteiger partial charge in [-0.3, -0.25) is 9.59 Å². The number of hydrogen-bond donors (Lipinski definition) is 1. The monoisotopic (exact) mass is 437 g/mol. The van der Waals surface area contributed by atoms with Gasteiger partial charge >= 0.3 is 0 Å². The number of ether oxygens (including phenoxy) is 1. The third-order valence-corrected chi connectivity index (χ3v) is 8.04. The number of amides is 2. The van der Waals surface area contributed by atoms with Gasteiger partial charge in [-0.05, 0) is 87.5 Å². The molecular weight excluding hydrogens is 402 g/mol. The minimum absolute atomic E-state index is 0.0687. The number of likely N-dealkylation sites (N-methyl/N-ethyl adjacent to an activating group) is 1. The van der Waals surface area contributed by atoms with Crippen molar-refractivity contribution in [2.75, 3.05) is 20.3 Å². The molecule has 2 aliphatic carbocycles. The Morgan fingerprint density at radius 2 is 1.88 bits per heavy atom. The number of aryl methyl sites for hydroxylation is 1. The Hall–Kier alpha value is -2.34. The SMILES string of the molecule is CC(C(=O)NC1CC1)N(C)C(=O)c1ccc2c(c1)c1c(n2C)CCC(C2CCOCC2)C1. The number of hydrogen-bond acceptors (Lipinski definition) is 3. The topological polar surface area (TPSA) is 63.6 Å². The van der Waals surface area contributed by atoms with Gasteiger partial charge in [0.2, 0.25) is 5.91 Å². The zero-order valence-electron chi connectivity index (χ0n) is 19.5. The van der Waals surface area contributed by atoms with Gasteiger partial charge in [0, 0.05) is 55.5 Å². The number of benzene rings is 1.